The summed E-state index contributed by atoms with van der Waals surface area (Å²) in [5.41, 5.74) is -1.25. The summed E-state index contributed by atoms with van der Waals surface area (Å²) in [7, 11) is 0. The first kappa shape index (κ1) is 14.4. The molecule has 0 spiro atoms. The maximum absolute atomic E-state index is 12.8. The average molecular weight is 350 g/mol. The topological polar surface area (TPSA) is 72.7 Å². The fraction of sp³-hybridized carbons (Fsp3) is 0.200. The highest BCUT2D eigenvalue weighted by Gasteiger charge is 2.34. The van der Waals surface area contributed by atoms with E-state index in [2.05, 4.69) is 36.8 Å². The molecule has 1 aromatic carbocycles. The van der Waals surface area contributed by atoms with Crippen LogP contribution in [-0.2, 0) is 17.5 Å². The van der Waals surface area contributed by atoms with Crippen molar-refractivity contribution in [2.45, 2.75) is 12.7 Å². The Morgan fingerprint density at radius 1 is 1.40 bits per heavy atom. The maximum atomic E-state index is 12.8. The third-order valence-corrected chi connectivity index (χ3v) is 2.75. The van der Waals surface area contributed by atoms with E-state index in [1.54, 1.807) is 0 Å². The summed E-state index contributed by atoms with van der Waals surface area (Å²) in [6, 6.07) is 3.47. The van der Waals surface area contributed by atoms with E-state index in [4.69, 9.17) is 0 Å². The number of aromatic nitrogens is 4. The van der Waals surface area contributed by atoms with Gasteiger partial charge in [-0.1, -0.05) is 15.9 Å². The Morgan fingerprint density at radius 3 is 2.75 bits per heavy atom. The summed E-state index contributed by atoms with van der Waals surface area (Å²) in [5, 5.41) is 12.3. The van der Waals surface area contributed by atoms with E-state index in [1.165, 1.54) is 18.5 Å². The van der Waals surface area contributed by atoms with E-state index in [-0.39, 0.29) is 16.7 Å². The molecule has 1 heterocycles. The molecule has 1 amide bonds. The molecule has 0 saturated heterocycles. The standard InChI is InChI=1S/C10H7BrF3N5O/c11-6-1-2-8(7(3-6)10(12,13)14)16-9(20)4-19-5-15-17-18-19/h1-3,5H,4H2,(H,16,20). The molecule has 0 radical (unpaired) electrons. The summed E-state index contributed by atoms with van der Waals surface area (Å²) in [6.45, 7) is -0.277. The maximum Gasteiger partial charge on any atom is 0.418 e. The minimum absolute atomic E-state index is 0.267. The van der Waals surface area contributed by atoms with Gasteiger partial charge in [-0.25, -0.2) is 4.68 Å². The lowest BCUT2D eigenvalue weighted by Crippen LogP contribution is -2.21. The number of anilines is 1. The van der Waals surface area contributed by atoms with Crippen LogP contribution in [0.5, 0.6) is 0 Å². The van der Waals surface area contributed by atoms with Gasteiger partial charge in [-0.05, 0) is 28.6 Å². The van der Waals surface area contributed by atoms with E-state index in [1.807, 2.05) is 0 Å². The van der Waals surface area contributed by atoms with Crippen molar-refractivity contribution in [3.63, 3.8) is 0 Å². The van der Waals surface area contributed by atoms with Crippen molar-refractivity contribution in [3.05, 3.63) is 34.6 Å². The molecule has 1 aromatic heterocycles. The van der Waals surface area contributed by atoms with Crippen LogP contribution in [0.25, 0.3) is 0 Å². The molecule has 2 rings (SSSR count). The molecular weight excluding hydrogens is 343 g/mol. The minimum Gasteiger partial charge on any atom is -0.324 e. The van der Waals surface area contributed by atoms with Crippen molar-refractivity contribution in [2.75, 3.05) is 5.32 Å². The van der Waals surface area contributed by atoms with Gasteiger partial charge in [-0.15, -0.1) is 5.10 Å². The van der Waals surface area contributed by atoms with E-state index < -0.39 is 17.6 Å². The normalized spacial score (nSPS) is 11.4. The van der Waals surface area contributed by atoms with Crippen LogP contribution >= 0.6 is 15.9 Å². The van der Waals surface area contributed by atoms with Gasteiger partial charge in [0.2, 0.25) is 5.91 Å². The summed E-state index contributed by atoms with van der Waals surface area (Å²) in [6.07, 6.45) is -3.38. The van der Waals surface area contributed by atoms with Crippen molar-refractivity contribution >= 4 is 27.5 Å². The zero-order chi connectivity index (χ0) is 14.8. The molecule has 0 aliphatic heterocycles. The molecule has 0 bridgehead atoms. The van der Waals surface area contributed by atoms with Gasteiger partial charge in [-0.2, -0.15) is 13.2 Å². The molecule has 10 heteroatoms. The monoisotopic (exact) mass is 349 g/mol. The molecule has 2 aromatic rings. The average Bonchev–Trinajstić information content (AvgIpc) is 2.82. The van der Waals surface area contributed by atoms with Gasteiger partial charge in [0.25, 0.3) is 0 Å². The Morgan fingerprint density at radius 2 is 2.15 bits per heavy atom. The van der Waals surface area contributed by atoms with Crippen molar-refractivity contribution in [1.29, 1.82) is 0 Å². The van der Waals surface area contributed by atoms with Crippen LogP contribution < -0.4 is 5.32 Å². The second-order valence-corrected chi connectivity index (χ2v) is 4.66. The van der Waals surface area contributed by atoms with Crippen molar-refractivity contribution in [2.24, 2.45) is 0 Å². The van der Waals surface area contributed by atoms with Crippen molar-refractivity contribution in [3.8, 4) is 0 Å². The van der Waals surface area contributed by atoms with Crippen LogP contribution in [0.3, 0.4) is 0 Å². The van der Waals surface area contributed by atoms with Crippen molar-refractivity contribution in [1.82, 2.24) is 20.2 Å². The highest BCUT2D eigenvalue weighted by molar-refractivity contribution is 9.10. The van der Waals surface area contributed by atoms with Gasteiger partial charge in [0, 0.05) is 4.47 Å². The lowest BCUT2D eigenvalue weighted by molar-refractivity contribution is -0.137. The highest BCUT2D eigenvalue weighted by Crippen LogP contribution is 2.36. The number of benzene rings is 1. The number of carbonyl (C=O) groups excluding carboxylic acids is 1. The lowest BCUT2D eigenvalue weighted by atomic mass is 10.1. The molecular formula is C10H7BrF3N5O. The van der Waals surface area contributed by atoms with Crippen LogP contribution in [-0.4, -0.2) is 26.1 Å². The molecule has 106 valence electrons. The van der Waals surface area contributed by atoms with E-state index in [9.17, 15) is 18.0 Å². The molecule has 0 fully saturated rings. The number of alkyl halides is 3. The lowest BCUT2D eigenvalue weighted by Gasteiger charge is -2.14. The number of carbonyl (C=O) groups is 1. The third kappa shape index (κ3) is 3.53. The number of tetrazole rings is 1. The third-order valence-electron chi connectivity index (χ3n) is 2.26. The van der Waals surface area contributed by atoms with Gasteiger partial charge in [0.15, 0.2) is 0 Å². The van der Waals surface area contributed by atoms with Crippen LogP contribution in [0, 0.1) is 0 Å². The second kappa shape index (κ2) is 5.57. The van der Waals surface area contributed by atoms with E-state index >= 15 is 0 Å². The smallest absolute Gasteiger partial charge is 0.324 e. The van der Waals surface area contributed by atoms with Gasteiger partial charge in [0.1, 0.15) is 12.9 Å². The zero-order valence-electron chi connectivity index (χ0n) is 9.73. The predicted octanol–water partition coefficient (Wildman–Crippen LogP) is 2.09. The predicted molar refractivity (Wildman–Crippen MR) is 65.6 cm³/mol. The number of nitrogens with zero attached hydrogens (tertiary/aromatic N) is 4. The quantitative estimate of drug-likeness (QED) is 0.920. The largest absolute Gasteiger partial charge is 0.418 e. The molecule has 0 atom stereocenters. The number of halogens is 4. The molecule has 0 saturated carbocycles. The Balaban J connectivity index is 2.19. The molecule has 0 aliphatic rings. The Kier molecular flexibility index (Phi) is 4.02. The number of nitrogens with one attached hydrogen (secondary N) is 1. The number of hydrogen-bond donors (Lipinski definition) is 1. The minimum atomic E-state index is -4.57. The summed E-state index contributed by atoms with van der Waals surface area (Å²) < 4.78 is 39.9. The molecule has 1 N–H and O–H groups in total. The Labute approximate surface area is 119 Å². The molecule has 6 nitrogen and oxygen atoms in total. The van der Waals surface area contributed by atoms with Gasteiger partial charge in [0.05, 0.1) is 11.3 Å². The van der Waals surface area contributed by atoms with Crippen LogP contribution in [0.2, 0.25) is 0 Å². The Hall–Kier alpha value is -1.97. The zero-order valence-corrected chi connectivity index (χ0v) is 11.3. The van der Waals surface area contributed by atoms with Gasteiger partial charge in [-0.3, -0.25) is 4.79 Å². The van der Waals surface area contributed by atoms with Gasteiger partial charge >= 0.3 is 6.18 Å². The molecule has 0 aliphatic carbocycles. The fourth-order valence-corrected chi connectivity index (χ4v) is 1.81. The van der Waals surface area contributed by atoms with E-state index in [0.29, 0.717) is 0 Å². The first-order valence-electron chi connectivity index (χ1n) is 5.23. The first-order chi connectivity index (χ1) is 9.36. The van der Waals surface area contributed by atoms with Crippen LogP contribution in [0.4, 0.5) is 18.9 Å². The Bertz CT molecular complexity index is 614. The SMILES string of the molecule is O=C(Cn1cnnn1)Nc1ccc(Br)cc1C(F)(F)F. The van der Waals surface area contributed by atoms with Gasteiger partial charge < -0.3 is 5.32 Å². The number of amides is 1. The van der Waals surface area contributed by atoms with Crippen molar-refractivity contribution < 1.29 is 18.0 Å². The van der Waals surface area contributed by atoms with E-state index in [0.717, 1.165) is 10.7 Å². The van der Waals surface area contributed by atoms with Crippen LogP contribution in [0.15, 0.2) is 29.0 Å². The number of hydrogen-bond acceptors (Lipinski definition) is 4. The highest BCUT2D eigenvalue weighted by atomic mass is 79.9. The molecule has 0 unspecified atom stereocenters. The van der Waals surface area contributed by atoms with Crippen LogP contribution in [0.1, 0.15) is 5.56 Å². The summed E-state index contributed by atoms with van der Waals surface area (Å²) in [4.78, 5) is 11.6. The fourth-order valence-electron chi connectivity index (χ4n) is 1.45. The first-order valence-corrected chi connectivity index (χ1v) is 6.03. The second-order valence-electron chi connectivity index (χ2n) is 3.74. The number of rotatable bonds is 3. The summed E-state index contributed by atoms with van der Waals surface area (Å²) >= 11 is 2.96. The summed E-state index contributed by atoms with van der Waals surface area (Å²) in [5.74, 6) is -0.662. The molecule has 20 heavy (non-hydrogen) atoms.